The first-order valence-corrected chi connectivity index (χ1v) is 13.9. The molecule has 0 aromatic heterocycles. The fourth-order valence-electron chi connectivity index (χ4n) is 4.64. The zero-order valence-corrected chi connectivity index (χ0v) is 24.0. The van der Waals surface area contributed by atoms with Crippen LogP contribution in [-0.2, 0) is 16.0 Å². The summed E-state index contributed by atoms with van der Waals surface area (Å²) in [5.74, 6) is -1.25. The van der Waals surface area contributed by atoms with Crippen LogP contribution in [-0.4, -0.2) is 30.7 Å². The fourth-order valence-corrected chi connectivity index (χ4v) is 5.22. The number of halogens is 3. The number of hydrogen-bond donors (Lipinski definition) is 1. The molecule has 4 aromatic carbocycles. The molecular formula is C31H24BrCl2N3O2. The zero-order valence-electron chi connectivity index (χ0n) is 20.9. The highest BCUT2D eigenvalue weighted by atomic mass is 79.9. The second kappa shape index (κ2) is 11.7. The van der Waals surface area contributed by atoms with Crippen molar-refractivity contribution in [2.24, 2.45) is 4.99 Å². The van der Waals surface area contributed by atoms with Crippen LogP contribution in [0.25, 0.3) is 0 Å². The van der Waals surface area contributed by atoms with Crippen molar-refractivity contribution in [3.05, 3.63) is 134 Å². The Morgan fingerprint density at radius 1 is 0.949 bits per heavy atom. The first kappa shape index (κ1) is 27.1. The Labute approximate surface area is 245 Å². The Morgan fingerprint density at radius 2 is 1.64 bits per heavy atom. The maximum Gasteiger partial charge on any atom is 0.272 e. The predicted molar refractivity (Wildman–Crippen MR) is 161 cm³/mol. The van der Waals surface area contributed by atoms with E-state index in [2.05, 4.69) is 21.2 Å². The van der Waals surface area contributed by atoms with Gasteiger partial charge in [0.1, 0.15) is 0 Å². The highest BCUT2D eigenvalue weighted by Crippen LogP contribution is 2.30. The number of anilines is 1. The zero-order chi connectivity index (χ0) is 27.5. The number of carbonyl (C=O) groups excluding carboxylic acids is 2. The van der Waals surface area contributed by atoms with Crippen molar-refractivity contribution in [3.63, 3.8) is 0 Å². The van der Waals surface area contributed by atoms with Gasteiger partial charge in [0.2, 0.25) is 12.1 Å². The van der Waals surface area contributed by atoms with Gasteiger partial charge in [-0.15, -0.1) is 0 Å². The number of benzodiazepines with no additional fused rings is 1. The van der Waals surface area contributed by atoms with Crippen LogP contribution in [0.3, 0.4) is 0 Å². The largest absolute Gasteiger partial charge is 0.326 e. The van der Waals surface area contributed by atoms with E-state index in [0.29, 0.717) is 22.2 Å². The van der Waals surface area contributed by atoms with Crippen LogP contribution in [0.5, 0.6) is 0 Å². The minimum Gasteiger partial charge on any atom is -0.326 e. The molecular weight excluding hydrogens is 597 g/mol. The van der Waals surface area contributed by atoms with Crippen LogP contribution < -0.4 is 10.2 Å². The third kappa shape index (κ3) is 5.93. The van der Waals surface area contributed by atoms with Gasteiger partial charge in [-0.05, 0) is 47.9 Å². The summed E-state index contributed by atoms with van der Waals surface area (Å²) in [4.78, 5) is 33.9. The van der Waals surface area contributed by atoms with E-state index in [1.54, 1.807) is 24.1 Å². The van der Waals surface area contributed by atoms with Crippen molar-refractivity contribution >= 4 is 62.3 Å². The van der Waals surface area contributed by atoms with Gasteiger partial charge < -0.3 is 10.2 Å². The third-order valence-electron chi connectivity index (χ3n) is 6.68. The Kier molecular flexibility index (Phi) is 8.17. The Bertz CT molecular complexity index is 1560. The molecule has 196 valence electrons. The van der Waals surface area contributed by atoms with Gasteiger partial charge in [-0.2, -0.15) is 0 Å². The molecule has 1 aliphatic heterocycles. The molecule has 5 rings (SSSR count). The number of hydrogen-bond acceptors (Lipinski definition) is 3. The van der Waals surface area contributed by atoms with Crippen molar-refractivity contribution in [2.75, 3.05) is 11.9 Å². The number of fused-ring (bicyclic) bond motifs is 1. The summed E-state index contributed by atoms with van der Waals surface area (Å²) in [5, 5.41) is 3.80. The molecule has 2 amide bonds. The standard InChI is InChI=1S/C31H24BrCl2N3O2/c1-37-27-10-6-5-9-23(27)28(21-7-3-2-4-8-21)35-29(31(37)39)36-30(38)24(20-12-14-22(32)15-13-20)17-19-11-16-25(33)26(34)18-19/h2-16,18,24,29H,17H2,1H3,(H,36,38)/t24-,29-/m1/s1. The quantitative estimate of drug-likeness (QED) is 0.251. The van der Waals surface area contributed by atoms with Gasteiger partial charge in [-0.25, -0.2) is 4.99 Å². The monoisotopic (exact) mass is 619 g/mol. The molecule has 0 fully saturated rings. The topological polar surface area (TPSA) is 61.8 Å². The number of nitrogens with zero attached hydrogens (tertiary/aromatic N) is 2. The second-order valence-corrected chi connectivity index (χ2v) is 11.0. The van der Waals surface area contributed by atoms with Gasteiger partial charge in [-0.1, -0.05) is 106 Å². The number of likely N-dealkylation sites (N-methyl/N-ethyl adjacent to an activating group) is 1. The molecule has 1 aliphatic rings. The average Bonchev–Trinajstić information content (AvgIpc) is 3.05. The smallest absolute Gasteiger partial charge is 0.272 e. The average molecular weight is 621 g/mol. The summed E-state index contributed by atoms with van der Waals surface area (Å²) < 4.78 is 0.899. The number of rotatable bonds is 6. The number of amides is 2. The highest BCUT2D eigenvalue weighted by molar-refractivity contribution is 9.10. The number of nitrogens with one attached hydrogen (secondary N) is 1. The third-order valence-corrected chi connectivity index (χ3v) is 7.95. The van der Waals surface area contributed by atoms with E-state index in [-0.39, 0.29) is 11.8 Å². The first-order valence-electron chi connectivity index (χ1n) is 12.3. The summed E-state index contributed by atoms with van der Waals surface area (Å²) in [6.45, 7) is 0. The van der Waals surface area contributed by atoms with Crippen molar-refractivity contribution in [1.29, 1.82) is 0 Å². The van der Waals surface area contributed by atoms with Crippen LogP contribution in [0.1, 0.15) is 28.2 Å². The summed E-state index contributed by atoms with van der Waals surface area (Å²) in [6, 6.07) is 30.1. The van der Waals surface area contributed by atoms with Gasteiger partial charge in [0, 0.05) is 22.6 Å². The predicted octanol–water partition coefficient (Wildman–Crippen LogP) is 7.04. The van der Waals surface area contributed by atoms with Gasteiger partial charge >= 0.3 is 0 Å². The SMILES string of the molecule is CN1C(=O)[C@@H](NC(=O)[C@H](Cc2ccc(Cl)c(Cl)c2)c2ccc(Br)cc2)N=C(c2ccccc2)c2ccccc21. The van der Waals surface area contributed by atoms with E-state index in [4.69, 9.17) is 28.2 Å². The van der Waals surface area contributed by atoms with Gasteiger partial charge in [0.25, 0.3) is 5.91 Å². The van der Waals surface area contributed by atoms with Crippen LogP contribution >= 0.6 is 39.1 Å². The molecule has 1 heterocycles. The van der Waals surface area contributed by atoms with E-state index in [0.717, 1.165) is 32.4 Å². The molecule has 0 saturated carbocycles. The summed E-state index contributed by atoms with van der Waals surface area (Å²) in [6.07, 6.45) is -0.756. The molecule has 0 saturated heterocycles. The number of para-hydroxylation sites is 1. The first-order chi connectivity index (χ1) is 18.8. The Hall–Kier alpha value is -3.45. The normalized spacial score (nSPS) is 15.7. The minimum atomic E-state index is -1.11. The van der Waals surface area contributed by atoms with Crippen molar-refractivity contribution < 1.29 is 9.59 Å². The van der Waals surface area contributed by atoms with Crippen LogP contribution in [0.2, 0.25) is 10.0 Å². The van der Waals surface area contributed by atoms with E-state index < -0.39 is 12.1 Å². The molecule has 4 aromatic rings. The van der Waals surface area contributed by atoms with Crippen molar-refractivity contribution in [3.8, 4) is 0 Å². The lowest BCUT2D eigenvalue weighted by Crippen LogP contribution is -2.47. The minimum absolute atomic E-state index is 0.322. The number of carbonyl (C=O) groups is 2. The van der Waals surface area contributed by atoms with E-state index in [9.17, 15) is 9.59 Å². The molecule has 0 aliphatic carbocycles. The van der Waals surface area contributed by atoms with E-state index in [1.807, 2.05) is 84.9 Å². The molecule has 0 radical (unpaired) electrons. The van der Waals surface area contributed by atoms with Gasteiger partial charge in [-0.3, -0.25) is 9.59 Å². The molecule has 8 heteroatoms. The lowest BCUT2D eigenvalue weighted by Gasteiger charge is -2.23. The molecule has 2 atom stereocenters. The summed E-state index contributed by atoms with van der Waals surface area (Å²) >= 11 is 15.8. The molecule has 5 nitrogen and oxygen atoms in total. The van der Waals surface area contributed by atoms with Crippen LogP contribution in [0.15, 0.2) is 107 Å². The summed E-state index contributed by atoms with van der Waals surface area (Å²) in [5.41, 5.74) is 4.68. The number of aliphatic imine (C=N–C) groups is 1. The van der Waals surface area contributed by atoms with E-state index in [1.165, 1.54) is 0 Å². The molecule has 0 spiro atoms. The summed E-state index contributed by atoms with van der Waals surface area (Å²) in [7, 11) is 1.70. The number of benzene rings is 4. The lowest BCUT2D eigenvalue weighted by molar-refractivity contribution is -0.128. The maximum absolute atomic E-state index is 13.9. The van der Waals surface area contributed by atoms with Gasteiger partial charge in [0.05, 0.1) is 27.4 Å². The van der Waals surface area contributed by atoms with Crippen LogP contribution in [0, 0.1) is 0 Å². The van der Waals surface area contributed by atoms with Gasteiger partial charge in [0.15, 0.2) is 0 Å². The fraction of sp³-hybridized carbons (Fsp3) is 0.129. The molecule has 1 N–H and O–H groups in total. The van der Waals surface area contributed by atoms with E-state index >= 15 is 0 Å². The maximum atomic E-state index is 13.9. The lowest BCUT2D eigenvalue weighted by atomic mass is 9.91. The Balaban J connectivity index is 1.53. The molecule has 0 unspecified atom stereocenters. The molecule has 0 bridgehead atoms. The van der Waals surface area contributed by atoms with Crippen LogP contribution in [0.4, 0.5) is 5.69 Å². The van der Waals surface area contributed by atoms with Crippen molar-refractivity contribution in [2.45, 2.75) is 18.5 Å². The Morgan fingerprint density at radius 3 is 2.36 bits per heavy atom. The molecule has 39 heavy (non-hydrogen) atoms. The second-order valence-electron chi connectivity index (χ2n) is 9.23. The highest BCUT2D eigenvalue weighted by Gasteiger charge is 2.33. The van der Waals surface area contributed by atoms with Crippen molar-refractivity contribution in [1.82, 2.24) is 5.32 Å².